The minimum atomic E-state index is -0.0729. The normalized spacial score (nSPS) is 10.0. The highest BCUT2D eigenvalue weighted by Crippen LogP contribution is 1.80. The van der Waals surface area contributed by atoms with Gasteiger partial charge in [0.1, 0.15) is 0 Å². The maximum absolute atomic E-state index is 10.9. The summed E-state index contributed by atoms with van der Waals surface area (Å²) in [5.41, 5.74) is 0. The van der Waals surface area contributed by atoms with Crippen LogP contribution in [0.5, 0.6) is 0 Å². The molecule has 0 spiro atoms. The smallest absolute Gasteiger partial charge is 0.314 e. The van der Waals surface area contributed by atoms with E-state index in [2.05, 4.69) is 15.5 Å². The number of rotatable bonds is 5. The molecule has 2 N–H and O–H groups in total. The molecule has 0 aromatic carbocycles. The lowest BCUT2D eigenvalue weighted by molar-refractivity contribution is 0.240. The van der Waals surface area contributed by atoms with E-state index in [4.69, 9.17) is 0 Å². The number of carbonyl (C=O) groups is 1. The number of nitrogens with zero attached hydrogens (tertiary/aromatic N) is 1. The predicted octanol–water partition coefficient (Wildman–Crippen LogP) is 0.257. The lowest BCUT2D eigenvalue weighted by Gasteiger charge is -2.09. The van der Waals surface area contributed by atoms with Crippen LogP contribution in [-0.4, -0.2) is 44.7 Å². The van der Waals surface area contributed by atoms with Gasteiger partial charge in [0.25, 0.3) is 0 Å². The van der Waals surface area contributed by atoms with Crippen molar-refractivity contribution in [1.82, 2.24) is 15.5 Å². The molecule has 0 rings (SSSR count). The van der Waals surface area contributed by atoms with Crippen LogP contribution < -0.4 is 10.6 Å². The third kappa shape index (κ3) is 7.34. The maximum Gasteiger partial charge on any atom is 0.314 e. The Kier molecular flexibility index (Phi) is 6.47. The minimum Gasteiger partial charge on any atom is -0.338 e. The number of urea groups is 1. The molecule has 0 aliphatic heterocycles. The fraction of sp³-hybridized carbons (Fsp3) is 0.875. The molecule has 2 amide bonds. The van der Waals surface area contributed by atoms with E-state index in [9.17, 15) is 4.79 Å². The van der Waals surface area contributed by atoms with Gasteiger partial charge in [-0.3, -0.25) is 0 Å². The summed E-state index contributed by atoms with van der Waals surface area (Å²) in [4.78, 5) is 12.9. The summed E-state index contributed by atoms with van der Waals surface area (Å²) in [5, 5.41) is 5.43. The van der Waals surface area contributed by atoms with Gasteiger partial charge in [0.05, 0.1) is 0 Å². The van der Waals surface area contributed by atoms with Gasteiger partial charge in [0, 0.05) is 13.1 Å². The summed E-state index contributed by atoms with van der Waals surface area (Å²) in [6, 6.07) is -0.0729. The van der Waals surface area contributed by atoms with Gasteiger partial charge in [-0.1, -0.05) is 0 Å². The van der Waals surface area contributed by atoms with Crippen molar-refractivity contribution in [3.8, 4) is 0 Å². The highest BCUT2D eigenvalue weighted by Gasteiger charge is 1.95. The Morgan fingerprint density at radius 3 is 2.50 bits per heavy atom. The van der Waals surface area contributed by atoms with Crippen molar-refractivity contribution in [2.45, 2.75) is 13.3 Å². The van der Waals surface area contributed by atoms with Crippen molar-refractivity contribution in [2.24, 2.45) is 0 Å². The predicted molar refractivity (Wildman–Crippen MR) is 50.2 cm³/mol. The second kappa shape index (κ2) is 6.91. The van der Waals surface area contributed by atoms with Crippen LogP contribution >= 0.6 is 0 Å². The highest BCUT2D eigenvalue weighted by molar-refractivity contribution is 5.73. The molecule has 0 unspecified atom stereocenters. The van der Waals surface area contributed by atoms with E-state index in [-0.39, 0.29) is 6.03 Å². The molecule has 0 aromatic rings. The number of amides is 2. The molecule has 0 saturated carbocycles. The molecule has 4 heteroatoms. The van der Waals surface area contributed by atoms with Crippen LogP contribution in [0.15, 0.2) is 0 Å². The van der Waals surface area contributed by atoms with Gasteiger partial charge in [-0.15, -0.1) is 0 Å². The van der Waals surface area contributed by atoms with Gasteiger partial charge >= 0.3 is 6.03 Å². The molecular weight excluding hydrogens is 158 g/mol. The average Bonchev–Trinajstić information content (AvgIpc) is 1.98. The van der Waals surface area contributed by atoms with E-state index >= 15 is 0 Å². The molecule has 0 heterocycles. The first kappa shape index (κ1) is 11.2. The Morgan fingerprint density at radius 2 is 2.00 bits per heavy atom. The zero-order valence-electron chi connectivity index (χ0n) is 8.18. The summed E-state index contributed by atoms with van der Waals surface area (Å²) >= 11 is 0. The van der Waals surface area contributed by atoms with E-state index < -0.39 is 0 Å². The molecule has 0 aliphatic carbocycles. The zero-order valence-corrected chi connectivity index (χ0v) is 8.18. The van der Waals surface area contributed by atoms with Crippen LogP contribution in [0, 0.1) is 0 Å². The quantitative estimate of drug-likeness (QED) is 0.359. The average molecular weight is 177 g/mol. The Bertz CT molecular complexity index is 125. The molecule has 4 nitrogen and oxygen atoms in total. The summed E-state index contributed by atoms with van der Waals surface area (Å²) < 4.78 is 0. The fourth-order valence-corrected chi connectivity index (χ4v) is 0.820. The van der Waals surface area contributed by atoms with Crippen LogP contribution in [0.3, 0.4) is 0 Å². The second-order valence-electron chi connectivity index (χ2n) is 2.94. The van der Waals surface area contributed by atoms with Crippen molar-refractivity contribution in [1.29, 1.82) is 0 Å². The Balaban J connectivity index is 3.14. The molecule has 0 saturated heterocycles. The largest absolute Gasteiger partial charge is 0.338 e. The highest BCUT2D eigenvalue weighted by atomic mass is 16.2. The molecular formula is C8H19N3O. The minimum absolute atomic E-state index is 0.0729. The zero-order chi connectivity index (χ0) is 9.40. The molecule has 0 fully saturated rings. The van der Waals surface area contributed by atoms with E-state index in [0.717, 1.165) is 19.5 Å². The molecule has 12 heavy (non-hydrogen) atoms. The number of hydrogen-bond acceptors (Lipinski definition) is 2. The van der Waals surface area contributed by atoms with Gasteiger partial charge in [-0.25, -0.2) is 4.79 Å². The van der Waals surface area contributed by atoms with Crippen molar-refractivity contribution in [2.75, 3.05) is 33.7 Å². The molecule has 0 atom stereocenters. The Hall–Kier alpha value is -0.770. The summed E-state index contributed by atoms with van der Waals surface area (Å²) in [7, 11) is 4.04. The Morgan fingerprint density at radius 1 is 1.33 bits per heavy atom. The lowest BCUT2D eigenvalue weighted by atomic mass is 10.7. The lowest BCUT2D eigenvalue weighted by Crippen LogP contribution is -2.36. The van der Waals surface area contributed by atoms with Crippen LogP contribution in [0.25, 0.3) is 0 Å². The molecule has 72 valence electrons. The molecule has 0 bridgehead atoms. The fourth-order valence-electron chi connectivity index (χ4n) is 0.820. The van der Waals surface area contributed by atoms with Gasteiger partial charge in [0.2, 0.25) is 0 Å². The standard InChI is InChI=1S/C8H19N3O/c1-4-9-8(12)10-6-5-7-11(2)3/h4-7H2,1-3H3,(H2,9,10,12)/i5+1,6+1,7+1,11+1. The van der Waals surface area contributed by atoms with Crippen LogP contribution in [0.4, 0.5) is 4.79 Å². The maximum atomic E-state index is 10.9. The van der Waals surface area contributed by atoms with Crippen LogP contribution in [0.1, 0.15) is 13.3 Å². The van der Waals surface area contributed by atoms with Gasteiger partial charge in [-0.05, 0) is 34.0 Å². The second-order valence-corrected chi connectivity index (χ2v) is 2.94. The van der Waals surface area contributed by atoms with E-state index in [1.807, 2.05) is 21.0 Å². The van der Waals surface area contributed by atoms with Gasteiger partial charge < -0.3 is 15.5 Å². The number of hydrogen-bond donors (Lipinski definition) is 2. The van der Waals surface area contributed by atoms with Crippen LogP contribution in [-0.2, 0) is 0 Å². The number of nitrogens with one attached hydrogen (secondary N) is 2. The monoisotopic (exact) mass is 177 g/mol. The third-order valence-corrected chi connectivity index (χ3v) is 1.40. The van der Waals surface area contributed by atoms with Crippen molar-refractivity contribution in [3.05, 3.63) is 0 Å². The van der Waals surface area contributed by atoms with E-state index in [0.29, 0.717) is 6.54 Å². The van der Waals surface area contributed by atoms with E-state index in [1.165, 1.54) is 0 Å². The van der Waals surface area contributed by atoms with E-state index in [1.54, 1.807) is 0 Å². The topological polar surface area (TPSA) is 44.4 Å². The number of carbonyl (C=O) groups excluding carboxylic acids is 1. The van der Waals surface area contributed by atoms with Crippen molar-refractivity contribution >= 4 is 6.03 Å². The third-order valence-electron chi connectivity index (χ3n) is 1.40. The first-order chi connectivity index (χ1) is 5.66. The SMILES string of the molecule is CCNC(=O)N[13CH2][13CH2][13CH2][15N](C)C. The molecule has 0 aromatic heterocycles. The molecule has 0 radical (unpaired) electrons. The van der Waals surface area contributed by atoms with Gasteiger partial charge in [-0.2, -0.15) is 0 Å². The van der Waals surface area contributed by atoms with Crippen molar-refractivity contribution in [3.63, 3.8) is 0 Å². The first-order valence-corrected chi connectivity index (χ1v) is 4.33. The first-order valence-electron chi connectivity index (χ1n) is 4.33. The molecule has 0 aliphatic rings. The van der Waals surface area contributed by atoms with Gasteiger partial charge in [0.15, 0.2) is 0 Å². The summed E-state index contributed by atoms with van der Waals surface area (Å²) in [6.45, 7) is 4.33. The summed E-state index contributed by atoms with van der Waals surface area (Å²) in [6.07, 6.45) is 0.990. The Labute approximate surface area is 74.3 Å². The van der Waals surface area contributed by atoms with Crippen molar-refractivity contribution < 1.29 is 4.79 Å². The van der Waals surface area contributed by atoms with Crippen LogP contribution in [0.2, 0.25) is 0 Å². The summed E-state index contributed by atoms with van der Waals surface area (Å²) in [5.74, 6) is 0.